The molecule has 0 saturated heterocycles. The van der Waals surface area contributed by atoms with Crippen molar-refractivity contribution in [1.29, 1.82) is 0 Å². The molecule has 3 nitrogen and oxygen atoms in total. The number of hydrogen-bond donors (Lipinski definition) is 2. The first-order chi connectivity index (χ1) is 6.86. The summed E-state index contributed by atoms with van der Waals surface area (Å²) in [6.07, 6.45) is -4.43. The van der Waals surface area contributed by atoms with E-state index in [2.05, 4.69) is 5.16 Å². The molecule has 0 unspecified atom stereocenters. The molecule has 0 heterocycles. The zero-order valence-electron chi connectivity index (χ0n) is 7.84. The third-order valence-corrected chi connectivity index (χ3v) is 1.95. The molecule has 3 N–H and O–H groups in total. The van der Waals surface area contributed by atoms with Crippen LogP contribution in [-0.4, -0.2) is 11.0 Å². The summed E-state index contributed by atoms with van der Waals surface area (Å²) < 4.78 is 37.4. The molecule has 0 spiro atoms. The van der Waals surface area contributed by atoms with E-state index in [1.165, 1.54) is 19.1 Å². The molecule has 0 fully saturated rings. The number of hydrogen-bond acceptors (Lipinski definition) is 2. The van der Waals surface area contributed by atoms with Gasteiger partial charge in [0.2, 0.25) is 0 Å². The summed E-state index contributed by atoms with van der Waals surface area (Å²) in [5.74, 6) is -0.347. The van der Waals surface area contributed by atoms with Gasteiger partial charge in [-0.25, -0.2) is 0 Å². The van der Waals surface area contributed by atoms with Gasteiger partial charge in [0.05, 0.1) is 5.56 Å². The Morgan fingerprint density at radius 3 is 2.47 bits per heavy atom. The Morgan fingerprint density at radius 2 is 2.00 bits per heavy atom. The van der Waals surface area contributed by atoms with Gasteiger partial charge < -0.3 is 10.9 Å². The van der Waals surface area contributed by atoms with Gasteiger partial charge in [-0.1, -0.05) is 17.3 Å². The van der Waals surface area contributed by atoms with Crippen LogP contribution in [0.4, 0.5) is 13.2 Å². The quantitative estimate of drug-likeness (QED) is 0.328. The smallest absolute Gasteiger partial charge is 0.409 e. The van der Waals surface area contributed by atoms with Crippen LogP contribution in [-0.2, 0) is 6.18 Å². The average molecular weight is 218 g/mol. The highest BCUT2D eigenvalue weighted by Gasteiger charge is 2.32. The first-order valence-electron chi connectivity index (χ1n) is 4.02. The summed E-state index contributed by atoms with van der Waals surface area (Å²) in [5.41, 5.74) is 4.54. The van der Waals surface area contributed by atoms with Crippen LogP contribution in [0.1, 0.15) is 16.7 Å². The van der Waals surface area contributed by atoms with Crippen LogP contribution in [0, 0.1) is 6.92 Å². The summed E-state index contributed by atoms with van der Waals surface area (Å²) in [4.78, 5) is 0. The van der Waals surface area contributed by atoms with E-state index in [0.29, 0.717) is 0 Å². The summed E-state index contributed by atoms with van der Waals surface area (Å²) in [6, 6.07) is 3.49. The van der Waals surface area contributed by atoms with Crippen molar-refractivity contribution < 1.29 is 18.4 Å². The van der Waals surface area contributed by atoms with Crippen LogP contribution in [0.15, 0.2) is 23.4 Å². The molecular weight excluding hydrogens is 209 g/mol. The lowest BCUT2D eigenvalue weighted by atomic mass is 10.0. The van der Waals surface area contributed by atoms with Gasteiger partial charge in [0.25, 0.3) is 0 Å². The van der Waals surface area contributed by atoms with Crippen molar-refractivity contribution in [3.8, 4) is 0 Å². The number of aryl methyl sites for hydroxylation is 1. The molecule has 1 rings (SSSR count). The number of benzene rings is 1. The Balaban J connectivity index is 3.29. The Labute approximate surface area is 84.0 Å². The number of nitrogens with zero attached hydrogens (tertiary/aromatic N) is 1. The minimum atomic E-state index is -4.43. The average Bonchev–Trinajstić information content (AvgIpc) is 2.15. The number of rotatable bonds is 1. The van der Waals surface area contributed by atoms with Crippen LogP contribution in [0.25, 0.3) is 0 Å². The molecular formula is C9H9F3N2O. The van der Waals surface area contributed by atoms with Crippen molar-refractivity contribution in [1.82, 2.24) is 0 Å². The summed E-state index contributed by atoms with van der Waals surface area (Å²) >= 11 is 0. The highest BCUT2D eigenvalue weighted by Crippen LogP contribution is 2.32. The molecule has 0 bridgehead atoms. The second-order valence-electron chi connectivity index (χ2n) is 3.01. The Bertz CT molecular complexity index is 399. The van der Waals surface area contributed by atoms with Gasteiger partial charge in [0.1, 0.15) is 0 Å². The maximum atomic E-state index is 12.5. The molecule has 1 aromatic rings. The van der Waals surface area contributed by atoms with Crippen molar-refractivity contribution in [2.24, 2.45) is 10.9 Å². The van der Waals surface area contributed by atoms with Crippen LogP contribution in [0.2, 0.25) is 0 Å². The van der Waals surface area contributed by atoms with Gasteiger partial charge in [-0.2, -0.15) is 13.2 Å². The van der Waals surface area contributed by atoms with E-state index >= 15 is 0 Å². The lowest BCUT2D eigenvalue weighted by Gasteiger charge is -2.11. The fraction of sp³-hybridized carbons (Fsp3) is 0.222. The molecule has 0 saturated carbocycles. The second-order valence-corrected chi connectivity index (χ2v) is 3.01. The number of nitrogens with two attached hydrogens (primary N) is 1. The van der Waals surface area contributed by atoms with Crippen LogP contribution >= 0.6 is 0 Å². The third kappa shape index (κ3) is 2.39. The number of halogens is 3. The molecule has 6 heteroatoms. The van der Waals surface area contributed by atoms with E-state index in [0.717, 1.165) is 6.07 Å². The Hall–Kier alpha value is -1.72. The predicted octanol–water partition coefficient (Wildman–Crippen LogP) is 2.11. The van der Waals surface area contributed by atoms with Crippen molar-refractivity contribution in [3.05, 3.63) is 34.9 Å². The molecule has 0 aromatic heterocycles. The highest BCUT2D eigenvalue weighted by atomic mass is 19.4. The van der Waals surface area contributed by atoms with Gasteiger partial charge >= 0.3 is 6.18 Å². The highest BCUT2D eigenvalue weighted by molar-refractivity contribution is 5.97. The molecule has 0 aliphatic carbocycles. The van der Waals surface area contributed by atoms with Crippen molar-refractivity contribution >= 4 is 5.84 Å². The van der Waals surface area contributed by atoms with Crippen molar-refractivity contribution in [2.45, 2.75) is 13.1 Å². The van der Waals surface area contributed by atoms with Crippen molar-refractivity contribution in [3.63, 3.8) is 0 Å². The first kappa shape index (κ1) is 11.4. The Kier molecular flexibility index (Phi) is 2.88. The van der Waals surface area contributed by atoms with E-state index in [1.807, 2.05) is 0 Å². The minimum Gasteiger partial charge on any atom is -0.409 e. The number of amidine groups is 1. The minimum absolute atomic E-state index is 0.0374. The van der Waals surface area contributed by atoms with Gasteiger partial charge in [0, 0.05) is 5.56 Å². The molecule has 0 amide bonds. The van der Waals surface area contributed by atoms with E-state index in [4.69, 9.17) is 10.9 Å². The number of oxime groups is 1. The van der Waals surface area contributed by atoms with Gasteiger partial charge in [-0.05, 0) is 18.6 Å². The molecule has 82 valence electrons. The van der Waals surface area contributed by atoms with Crippen LogP contribution in [0.3, 0.4) is 0 Å². The number of alkyl halides is 3. The van der Waals surface area contributed by atoms with E-state index in [1.54, 1.807) is 0 Å². The van der Waals surface area contributed by atoms with E-state index in [-0.39, 0.29) is 17.0 Å². The second kappa shape index (κ2) is 3.80. The van der Waals surface area contributed by atoms with Gasteiger partial charge in [0.15, 0.2) is 5.84 Å². The molecule has 0 aliphatic rings. The zero-order valence-corrected chi connectivity index (χ0v) is 7.84. The SMILES string of the molecule is Cc1ccc(C(N)=NO)cc1C(F)(F)F. The Morgan fingerprint density at radius 1 is 1.40 bits per heavy atom. The lowest BCUT2D eigenvalue weighted by molar-refractivity contribution is -0.138. The maximum absolute atomic E-state index is 12.5. The standard InChI is InChI=1S/C9H9F3N2O/c1-5-2-3-6(8(13)14-15)4-7(5)9(10,11)12/h2-4,15H,1H3,(H2,13,14). The topological polar surface area (TPSA) is 58.6 Å². The van der Waals surface area contributed by atoms with Crippen LogP contribution < -0.4 is 5.73 Å². The summed E-state index contributed by atoms with van der Waals surface area (Å²) in [7, 11) is 0. The van der Waals surface area contributed by atoms with Crippen molar-refractivity contribution in [2.75, 3.05) is 0 Å². The monoisotopic (exact) mass is 218 g/mol. The molecule has 1 aromatic carbocycles. The first-order valence-corrected chi connectivity index (χ1v) is 4.02. The summed E-state index contributed by atoms with van der Waals surface area (Å²) in [6.45, 7) is 1.35. The van der Waals surface area contributed by atoms with Gasteiger partial charge in [-0.15, -0.1) is 0 Å². The predicted molar refractivity (Wildman–Crippen MR) is 48.7 cm³/mol. The summed E-state index contributed by atoms with van der Waals surface area (Å²) in [5, 5.41) is 11.0. The lowest BCUT2D eigenvalue weighted by Crippen LogP contribution is -2.15. The zero-order chi connectivity index (χ0) is 11.6. The largest absolute Gasteiger partial charge is 0.416 e. The molecule has 15 heavy (non-hydrogen) atoms. The normalized spacial score (nSPS) is 12.9. The van der Waals surface area contributed by atoms with Gasteiger partial charge in [-0.3, -0.25) is 0 Å². The fourth-order valence-electron chi connectivity index (χ4n) is 1.14. The van der Waals surface area contributed by atoms with E-state index in [9.17, 15) is 13.2 Å². The van der Waals surface area contributed by atoms with Crippen LogP contribution in [0.5, 0.6) is 0 Å². The molecule has 0 aliphatic heterocycles. The molecule has 0 radical (unpaired) electrons. The molecule has 0 atom stereocenters. The maximum Gasteiger partial charge on any atom is 0.416 e. The third-order valence-electron chi connectivity index (χ3n) is 1.95. The van der Waals surface area contributed by atoms with E-state index < -0.39 is 11.7 Å². The fourth-order valence-corrected chi connectivity index (χ4v) is 1.14.